The van der Waals surface area contributed by atoms with Crippen LogP contribution in [0.25, 0.3) is 0 Å². The minimum absolute atomic E-state index is 0.247. The van der Waals surface area contributed by atoms with Gasteiger partial charge in [0.15, 0.2) is 0 Å². The van der Waals surface area contributed by atoms with Crippen molar-refractivity contribution in [1.29, 1.82) is 0 Å². The van der Waals surface area contributed by atoms with E-state index in [-0.39, 0.29) is 17.7 Å². The van der Waals surface area contributed by atoms with Crippen molar-refractivity contribution in [3.05, 3.63) is 81.9 Å². The quantitative estimate of drug-likeness (QED) is 0.464. The van der Waals surface area contributed by atoms with Gasteiger partial charge >= 0.3 is 0 Å². The van der Waals surface area contributed by atoms with Crippen LogP contribution in [0.4, 0.5) is 10.1 Å². The number of carbonyl (C=O) groups is 1. The fourth-order valence-electron chi connectivity index (χ4n) is 3.30. The Kier molecular flexibility index (Phi) is 6.84. The zero-order valence-electron chi connectivity index (χ0n) is 18.6. The predicted octanol–water partition coefficient (Wildman–Crippen LogP) is 4.67. The molecule has 0 saturated heterocycles. The second-order valence-corrected chi connectivity index (χ2v) is 7.52. The number of halogens is 1. The standard InChI is InChI=1S/C24H28FN5O/c1-6-30-18(5)22(17(4)29-30)14-26-24(27-21-9-7-8-20(25)13-21)28-23(31)19-11-10-15(2)16(3)12-19/h7-13H,6,14H2,1-5H3,(H2,26,27,28,31). The predicted molar refractivity (Wildman–Crippen MR) is 122 cm³/mol. The van der Waals surface area contributed by atoms with E-state index in [1.54, 1.807) is 18.2 Å². The normalized spacial score (nSPS) is 11.5. The van der Waals surface area contributed by atoms with Gasteiger partial charge in [-0.05, 0) is 76.1 Å². The third-order valence-corrected chi connectivity index (χ3v) is 5.31. The molecule has 3 aromatic rings. The smallest absolute Gasteiger partial charge is 0.257 e. The first-order valence-corrected chi connectivity index (χ1v) is 10.3. The highest BCUT2D eigenvalue weighted by Crippen LogP contribution is 2.15. The van der Waals surface area contributed by atoms with Gasteiger partial charge in [-0.15, -0.1) is 0 Å². The summed E-state index contributed by atoms with van der Waals surface area (Å²) in [7, 11) is 0. The van der Waals surface area contributed by atoms with Crippen molar-refractivity contribution in [2.45, 2.75) is 47.7 Å². The summed E-state index contributed by atoms with van der Waals surface area (Å²) >= 11 is 0. The molecule has 0 bridgehead atoms. The van der Waals surface area contributed by atoms with Crippen molar-refractivity contribution in [1.82, 2.24) is 15.1 Å². The molecule has 0 aliphatic heterocycles. The molecule has 1 aromatic heterocycles. The first-order valence-electron chi connectivity index (χ1n) is 10.3. The summed E-state index contributed by atoms with van der Waals surface area (Å²) in [6.45, 7) is 11.0. The topological polar surface area (TPSA) is 71.3 Å². The molecule has 0 spiro atoms. The Morgan fingerprint density at radius 2 is 1.87 bits per heavy atom. The average molecular weight is 422 g/mol. The Morgan fingerprint density at radius 1 is 1.10 bits per heavy atom. The fourth-order valence-corrected chi connectivity index (χ4v) is 3.30. The summed E-state index contributed by atoms with van der Waals surface area (Å²) in [5, 5.41) is 10.4. The van der Waals surface area contributed by atoms with Crippen molar-refractivity contribution < 1.29 is 9.18 Å². The Hall–Kier alpha value is -3.48. The van der Waals surface area contributed by atoms with Gasteiger partial charge in [-0.2, -0.15) is 5.10 Å². The van der Waals surface area contributed by atoms with E-state index >= 15 is 0 Å². The Morgan fingerprint density at radius 3 is 2.52 bits per heavy atom. The van der Waals surface area contributed by atoms with Gasteiger partial charge in [0.2, 0.25) is 5.96 Å². The maximum Gasteiger partial charge on any atom is 0.257 e. The molecule has 162 valence electrons. The van der Waals surface area contributed by atoms with Crippen molar-refractivity contribution in [2.24, 2.45) is 4.99 Å². The van der Waals surface area contributed by atoms with Crippen LogP contribution in [0, 0.1) is 33.5 Å². The number of aliphatic imine (C=N–C) groups is 1. The van der Waals surface area contributed by atoms with E-state index in [0.29, 0.717) is 17.8 Å². The number of carbonyl (C=O) groups excluding carboxylic acids is 1. The highest BCUT2D eigenvalue weighted by atomic mass is 19.1. The second kappa shape index (κ2) is 9.55. The number of guanidine groups is 1. The van der Waals surface area contributed by atoms with Gasteiger partial charge in [0.1, 0.15) is 5.82 Å². The molecule has 0 aliphatic carbocycles. The molecule has 1 heterocycles. The van der Waals surface area contributed by atoms with E-state index in [4.69, 9.17) is 0 Å². The van der Waals surface area contributed by atoms with Crippen LogP contribution in [0.5, 0.6) is 0 Å². The van der Waals surface area contributed by atoms with Gasteiger partial charge in [-0.3, -0.25) is 14.8 Å². The van der Waals surface area contributed by atoms with Gasteiger partial charge in [0, 0.05) is 29.1 Å². The molecule has 3 rings (SSSR count). The van der Waals surface area contributed by atoms with Crippen molar-refractivity contribution in [2.75, 3.05) is 5.32 Å². The van der Waals surface area contributed by atoms with E-state index in [9.17, 15) is 9.18 Å². The first kappa shape index (κ1) is 22.2. The van der Waals surface area contributed by atoms with Crippen LogP contribution in [0.2, 0.25) is 0 Å². The lowest BCUT2D eigenvalue weighted by molar-refractivity contribution is 0.0977. The Bertz CT molecular complexity index is 1130. The number of aryl methyl sites for hydroxylation is 4. The summed E-state index contributed by atoms with van der Waals surface area (Å²) in [5.74, 6) is -0.416. The average Bonchev–Trinajstić information content (AvgIpc) is 3.01. The lowest BCUT2D eigenvalue weighted by Crippen LogP contribution is -2.36. The van der Waals surface area contributed by atoms with Crippen LogP contribution in [0.1, 0.15) is 45.4 Å². The zero-order valence-corrected chi connectivity index (χ0v) is 18.6. The maximum absolute atomic E-state index is 13.6. The zero-order chi connectivity index (χ0) is 22.5. The van der Waals surface area contributed by atoms with Crippen LogP contribution in [-0.4, -0.2) is 21.6 Å². The molecular formula is C24H28FN5O. The van der Waals surface area contributed by atoms with Crippen LogP contribution in [-0.2, 0) is 13.1 Å². The molecule has 7 heteroatoms. The number of nitrogens with zero attached hydrogens (tertiary/aromatic N) is 3. The molecule has 6 nitrogen and oxygen atoms in total. The first-order chi connectivity index (χ1) is 14.8. The van der Waals surface area contributed by atoms with E-state index < -0.39 is 0 Å². The van der Waals surface area contributed by atoms with Crippen LogP contribution < -0.4 is 10.6 Å². The lowest BCUT2D eigenvalue weighted by Gasteiger charge is -2.13. The van der Waals surface area contributed by atoms with Crippen molar-refractivity contribution in [3.8, 4) is 0 Å². The van der Waals surface area contributed by atoms with Gasteiger partial charge in [-0.1, -0.05) is 12.1 Å². The fraction of sp³-hybridized carbons (Fsp3) is 0.292. The summed E-state index contributed by atoms with van der Waals surface area (Å²) < 4.78 is 15.6. The van der Waals surface area contributed by atoms with E-state index in [2.05, 4.69) is 20.7 Å². The number of nitrogens with one attached hydrogen (secondary N) is 2. The molecule has 0 saturated carbocycles. The maximum atomic E-state index is 13.6. The number of aromatic nitrogens is 2. The summed E-state index contributed by atoms with van der Waals surface area (Å²) in [5.41, 5.74) is 6.10. The Labute approximate surface area is 182 Å². The molecule has 31 heavy (non-hydrogen) atoms. The number of anilines is 1. The van der Waals surface area contributed by atoms with Gasteiger partial charge in [0.05, 0.1) is 12.2 Å². The van der Waals surface area contributed by atoms with Gasteiger partial charge in [-0.25, -0.2) is 9.38 Å². The number of hydrogen-bond acceptors (Lipinski definition) is 3. The summed E-state index contributed by atoms with van der Waals surface area (Å²) in [4.78, 5) is 17.4. The molecular weight excluding hydrogens is 393 g/mol. The minimum atomic E-state index is -0.374. The molecule has 0 fully saturated rings. The Balaban J connectivity index is 1.88. The third-order valence-electron chi connectivity index (χ3n) is 5.31. The minimum Gasteiger partial charge on any atom is -0.326 e. The summed E-state index contributed by atoms with van der Waals surface area (Å²) in [6.07, 6.45) is 0. The van der Waals surface area contributed by atoms with Crippen LogP contribution in [0.15, 0.2) is 47.5 Å². The molecule has 1 amide bonds. The van der Waals surface area contributed by atoms with Crippen molar-refractivity contribution >= 4 is 17.6 Å². The molecule has 0 atom stereocenters. The third kappa shape index (κ3) is 5.36. The largest absolute Gasteiger partial charge is 0.326 e. The SMILES string of the molecule is CCn1nc(C)c(CN=C(NC(=O)c2ccc(C)c(C)c2)Nc2cccc(F)c2)c1C. The highest BCUT2D eigenvalue weighted by molar-refractivity contribution is 6.10. The monoisotopic (exact) mass is 421 g/mol. The number of amides is 1. The van der Waals surface area contributed by atoms with Crippen LogP contribution >= 0.6 is 0 Å². The number of hydrogen-bond donors (Lipinski definition) is 2. The van der Waals surface area contributed by atoms with E-state index in [0.717, 1.165) is 34.6 Å². The second-order valence-electron chi connectivity index (χ2n) is 7.52. The highest BCUT2D eigenvalue weighted by Gasteiger charge is 2.13. The van der Waals surface area contributed by atoms with E-state index in [1.165, 1.54) is 12.1 Å². The number of rotatable bonds is 5. The number of benzene rings is 2. The molecule has 0 radical (unpaired) electrons. The molecule has 0 unspecified atom stereocenters. The van der Waals surface area contributed by atoms with Gasteiger partial charge in [0.25, 0.3) is 5.91 Å². The van der Waals surface area contributed by atoms with Crippen molar-refractivity contribution in [3.63, 3.8) is 0 Å². The van der Waals surface area contributed by atoms with Crippen LogP contribution in [0.3, 0.4) is 0 Å². The lowest BCUT2D eigenvalue weighted by atomic mass is 10.1. The summed E-state index contributed by atoms with van der Waals surface area (Å²) in [6, 6.07) is 11.5. The molecule has 0 aliphatic rings. The molecule has 2 N–H and O–H groups in total. The molecule has 2 aromatic carbocycles. The van der Waals surface area contributed by atoms with E-state index in [1.807, 2.05) is 51.4 Å². The van der Waals surface area contributed by atoms with Gasteiger partial charge < -0.3 is 5.32 Å².